The molecule has 1 aliphatic rings. The molecular weight excluding hydrogens is 204 g/mol. The van der Waals surface area contributed by atoms with Gasteiger partial charge >= 0.3 is 0 Å². The smallest absolute Gasteiger partial charge is 0.0539 e. The van der Waals surface area contributed by atoms with Crippen LogP contribution in [0, 0.1) is 12.8 Å². The summed E-state index contributed by atoms with van der Waals surface area (Å²) in [5, 5.41) is 3.56. The van der Waals surface area contributed by atoms with Gasteiger partial charge in [-0.25, -0.2) is 0 Å². The van der Waals surface area contributed by atoms with Crippen LogP contribution in [0.2, 0.25) is 0 Å². The van der Waals surface area contributed by atoms with E-state index in [0.717, 1.165) is 12.5 Å². The lowest BCUT2D eigenvalue weighted by molar-refractivity contribution is 0.522. The van der Waals surface area contributed by atoms with Gasteiger partial charge in [-0.3, -0.25) is 0 Å². The van der Waals surface area contributed by atoms with Gasteiger partial charge in [-0.1, -0.05) is 12.8 Å². The molecule has 0 radical (unpaired) electrons. The van der Waals surface area contributed by atoms with Crippen molar-refractivity contribution in [3.05, 3.63) is 21.9 Å². The minimum absolute atomic E-state index is 0.363. The average molecular weight is 224 g/mol. The fraction of sp³-hybridized carbons (Fsp3) is 0.667. The topological polar surface area (TPSA) is 38.0 Å². The van der Waals surface area contributed by atoms with E-state index in [1.165, 1.54) is 29.0 Å². The second-order valence-corrected chi connectivity index (χ2v) is 5.74. The van der Waals surface area contributed by atoms with Crippen LogP contribution in [-0.4, -0.2) is 13.1 Å². The molecule has 15 heavy (non-hydrogen) atoms. The number of rotatable bonds is 6. The summed E-state index contributed by atoms with van der Waals surface area (Å²) in [5.41, 5.74) is 5.79. The van der Waals surface area contributed by atoms with Crippen LogP contribution in [0.5, 0.6) is 0 Å². The molecule has 3 N–H and O–H groups in total. The van der Waals surface area contributed by atoms with Crippen molar-refractivity contribution in [3.8, 4) is 0 Å². The van der Waals surface area contributed by atoms with Gasteiger partial charge in [0.05, 0.1) is 6.04 Å². The van der Waals surface area contributed by atoms with Crippen LogP contribution in [0.15, 0.2) is 12.1 Å². The minimum Gasteiger partial charge on any atom is -0.329 e. The zero-order valence-electron chi connectivity index (χ0n) is 9.33. The highest BCUT2D eigenvalue weighted by Crippen LogP contribution is 2.32. The van der Waals surface area contributed by atoms with E-state index in [4.69, 9.17) is 5.73 Å². The molecule has 0 saturated heterocycles. The first-order valence-corrected chi connectivity index (χ1v) is 6.61. The first-order valence-electron chi connectivity index (χ1n) is 5.79. The van der Waals surface area contributed by atoms with E-state index in [1.54, 1.807) is 0 Å². The molecule has 0 aromatic carbocycles. The lowest BCUT2D eigenvalue weighted by atomic mass is 10.2. The predicted molar refractivity (Wildman–Crippen MR) is 66.2 cm³/mol. The first kappa shape index (κ1) is 11.1. The quantitative estimate of drug-likeness (QED) is 0.779. The Labute approximate surface area is 95.9 Å². The Bertz CT molecular complexity index is 304. The number of hydrogen-bond acceptors (Lipinski definition) is 3. The number of nitrogens with two attached hydrogens (primary N) is 1. The summed E-state index contributed by atoms with van der Waals surface area (Å²) in [5.74, 6) is 1.00. The molecule has 1 fully saturated rings. The maximum absolute atomic E-state index is 5.79. The van der Waals surface area contributed by atoms with Gasteiger partial charge in [0.1, 0.15) is 0 Å². The van der Waals surface area contributed by atoms with Crippen LogP contribution in [-0.2, 0) is 0 Å². The van der Waals surface area contributed by atoms with E-state index in [-0.39, 0.29) is 0 Å². The largest absolute Gasteiger partial charge is 0.329 e. The van der Waals surface area contributed by atoms with E-state index in [9.17, 15) is 0 Å². The first-order chi connectivity index (χ1) is 7.29. The van der Waals surface area contributed by atoms with E-state index in [1.807, 2.05) is 11.3 Å². The number of nitrogens with one attached hydrogen (secondary N) is 1. The van der Waals surface area contributed by atoms with Crippen LogP contribution in [0.3, 0.4) is 0 Å². The van der Waals surface area contributed by atoms with E-state index < -0.39 is 0 Å². The van der Waals surface area contributed by atoms with Crippen molar-refractivity contribution in [1.29, 1.82) is 0 Å². The van der Waals surface area contributed by atoms with E-state index >= 15 is 0 Å². The molecule has 0 bridgehead atoms. The fourth-order valence-electron chi connectivity index (χ4n) is 1.81. The highest BCUT2D eigenvalue weighted by Gasteiger charge is 2.21. The second kappa shape index (κ2) is 5.10. The Morgan fingerprint density at radius 2 is 2.33 bits per heavy atom. The Hall–Kier alpha value is -0.380. The van der Waals surface area contributed by atoms with Gasteiger partial charge in [-0.15, -0.1) is 11.3 Å². The van der Waals surface area contributed by atoms with Crippen molar-refractivity contribution < 1.29 is 0 Å². The van der Waals surface area contributed by atoms with Gasteiger partial charge in [-0.05, 0) is 37.9 Å². The zero-order chi connectivity index (χ0) is 10.7. The summed E-state index contributed by atoms with van der Waals surface area (Å²) in [6.45, 7) is 3.96. The molecule has 1 heterocycles. The monoisotopic (exact) mass is 224 g/mol. The zero-order valence-corrected chi connectivity index (χ0v) is 10.1. The van der Waals surface area contributed by atoms with Gasteiger partial charge in [-0.2, -0.15) is 0 Å². The Morgan fingerprint density at radius 3 is 2.87 bits per heavy atom. The lowest BCUT2D eigenvalue weighted by Crippen LogP contribution is -2.28. The van der Waals surface area contributed by atoms with Gasteiger partial charge in [0.2, 0.25) is 0 Å². The summed E-state index contributed by atoms with van der Waals surface area (Å²) < 4.78 is 0. The number of aryl methyl sites for hydroxylation is 1. The molecule has 1 saturated carbocycles. The van der Waals surface area contributed by atoms with Crippen LogP contribution in [0.4, 0.5) is 0 Å². The van der Waals surface area contributed by atoms with Gasteiger partial charge < -0.3 is 11.1 Å². The molecule has 3 heteroatoms. The predicted octanol–water partition coefficient (Wildman–Crippen LogP) is 2.45. The highest BCUT2D eigenvalue weighted by molar-refractivity contribution is 7.12. The average Bonchev–Trinajstić information content (AvgIpc) is 2.96. The number of thiophene rings is 1. The maximum Gasteiger partial charge on any atom is 0.0539 e. The molecule has 2 rings (SSSR count). The maximum atomic E-state index is 5.79. The Kier molecular flexibility index (Phi) is 3.78. The normalized spacial score (nSPS) is 18.0. The molecule has 1 aromatic heterocycles. The summed E-state index contributed by atoms with van der Waals surface area (Å²) in [7, 11) is 0. The summed E-state index contributed by atoms with van der Waals surface area (Å²) >= 11 is 1.85. The lowest BCUT2D eigenvalue weighted by Gasteiger charge is -2.14. The van der Waals surface area contributed by atoms with Crippen LogP contribution >= 0.6 is 11.3 Å². The summed E-state index contributed by atoms with van der Waals surface area (Å²) in [6.07, 6.45) is 4.20. The van der Waals surface area contributed by atoms with E-state index in [0.29, 0.717) is 12.6 Å². The molecule has 2 nitrogen and oxygen atoms in total. The minimum atomic E-state index is 0.363. The third kappa shape index (κ3) is 3.30. The van der Waals surface area contributed by atoms with Gasteiger partial charge in [0.25, 0.3) is 0 Å². The summed E-state index contributed by atoms with van der Waals surface area (Å²) in [4.78, 5) is 2.75. The van der Waals surface area contributed by atoms with Crippen molar-refractivity contribution in [3.63, 3.8) is 0 Å². The van der Waals surface area contributed by atoms with E-state index in [2.05, 4.69) is 24.4 Å². The third-order valence-corrected chi connectivity index (χ3v) is 4.09. The van der Waals surface area contributed by atoms with Crippen molar-refractivity contribution in [1.82, 2.24) is 5.32 Å². The standard InChI is InChI=1S/C12H20N2S/c1-9-2-5-12(15-9)11(8-13)14-7-6-10-3-4-10/h2,5,10-11,14H,3-4,6-8,13H2,1H3. The van der Waals surface area contributed by atoms with Crippen LogP contribution < -0.4 is 11.1 Å². The van der Waals surface area contributed by atoms with Crippen molar-refractivity contribution in [2.75, 3.05) is 13.1 Å². The van der Waals surface area contributed by atoms with Gasteiger partial charge in [0.15, 0.2) is 0 Å². The SMILES string of the molecule is Cc1ccc(C(CN)NCCC2CC2)s1. The van der Waals surface area contributed by atoms with Crippen LogP contribution in [0.1, 0.15) is 35.1 Å². The molecule has 0 aliphatic heterocycles. The molecule has 1 atom stereocenters. The van der Waals surface area contributed by atoms with Crippen molar-refractivity contribution in [2.24, 2.45) is 11.7 Å². The summed E-state index contributed by atoms with van der Waals surface area (Å²) in [6, 6.07) is 4.73. The Morgan fingerprint density at radius 1 is 1.53 bits per heavy atom. The van der Waals surface area contributed by atoms with Crippen molar-refractivity contribution >= 4 is 11.3 Å². The van der Waals surface area contributed by atoms with Crippen LogP contribution in [0.25, 0.3) is 0 Å². The molecule has 84 valence electrons. The highest BCUT2D eigenvalue weighted by atomic mass is 32.1. The molecule has 1 aromatic rings. The van der Waals surface area contributed by atoms with Crippen molar-refractivity contribution in [2.45, 2.75) is 32.2 Å². The molecular formula is C12H20N2S. The van der Waals surface area contributed by atoms with Gasteiger partial charge in [0, 0.05) is 16.3 Å². The molecule has 1 aliphatic carbocycles. The third-order valence-electron chi connectivity index (χ3n) is 2.98. The molecule has 0 spiro atoms. The molecule has 0 amide bonds. The molecule has 1 unspecified atom stereocenters. The Balaban J connectivity index is 1.80. The fourth-order valence-corrected chi connectivity index (χ4v) is 2.77. The second-order valence-electron chi connectivity index (χ2n) is 4.42. The number of hydrogen-bond donors (Lipinski definition) is 2.